The summed E-state index contributed by atoms with van der Waals surface area (Å²) in [6.07, 6.45) is 5.85. The molecule has 3 aliphatic rings. The molecule has 8 heteroatoms. The molecule has 2 aromatic heterocycles. The molecule has 0 bridgehead atoms. The lowest BCUT2D eigenvalue weighted by Gasteiger charge is -2.42. The fourth-order valence-corrected chi connectivity index (χ4v) is 4.59. The Morgan fingerprint density at radius 3 is 2.56 bits per heavy atom. The molecule has 0 unspecified atom stereocenters. The minimum absolute atomic E-state index is 0.230. The van der Waals surface area contributed by atoms with E-state index in [1.807, 2.05) is 12.5 Å². The SMILES string of the molecule is CC(C)[N+]1=C(c2cn3c(n2)-c2cc(CN4CCN(C(C)(C)C)CC4)ncc2OCC3)N=C1. The number of piperazine rings is 1. The smallest absolute Gasteiger partial charge is 0.293 e. The van der Waals surface area contributed by atoms with E-state index < -0.39 is 0 Å². The second kappa shape index (κ2) is 8.08. The highest BCUT2D eigenvalue weighted by Gasteiger charge is 2.29. The number of amidine groups is 1. The summed E-state index contributed by atoms with van der Waals surface area (Å²) in [7, 11) is 0. The number of rotatable bonds is 4. The van der Waals surface area contributed by atoms with Crippen LogP contribution in [0, 0.1) is 0 Å². The third-order valence-corrected chi connectivity index (χ3v) is 6.57. The number of hydrogen-bond donors (Lipinski definition) is 0. The van der Waals surface area contributed by atoms with Crippen LogP contribution in [0.3, 0.4) is 0 Å². The van der Waals surface area contributed by atoms with Crippen LogP contribution in [0.4, 0.5) is 0 Å². The van der Waals surface area contributed by atoms with Gasteiger partial charge >= 0.3 is 0 Å². The molecule has 1 saturated heterocycles. The van der Waals surface area contributed by atoms with E-state index in [1.165, 1.54) is 0 Å². The standard InChI is InChI=1S/C24H34N7O/c1-17(2)31-16-26-23(31)20-15-29-10-11-32-21-13-25-18(12-19(21)22(29)27-20)14-28-6-8-30(9-7-28)24(3,4)5/h12-13,15-17H,6-11,14H2,1-5H3/q+1. The van der Waals surface area contributed by atoms with Crippen LogP contribution in [0.25, 0.3) is 11.4 Å². The number of hydrogen-bond acceptors (Lipinski definition) is 6. The topological polar surface area (TPSA) is 61.8 Å². The van der Waals surface area contributed by atoms with E-state index in [0.29, 0.717) is 12.6 Å². The van der Waals surface area contributed by atoms with E-state index in [1.54, 1.807) is 0 Å². The molecule has 0 N–H and O–H groups in total. The van der Waals surface area contributed by atoms with E-state index in [9.17, 15) is 0 Å². The summed E-state index contributed by atoms with van der Waals surface area (Å²) in [6.45, 7) is 17.7. The van der Waals surface area contributed by atoms with Crippen LogP contribution in [-0.4, -0.2) is 85.5 Å². The molecule has 0 aromatic carbocycles. The van der Waals surface area contributed by atoms with Gasteiger partial charge in [0.1, 0.15) is 18.2 Å². The number of pyridine rings is 1. The Kier molecular flexibility index (Phi) is 5.37. The number of ether oxygens (including phenoxy) is 1. The number of aliphatic imine (C=N–C) groups is 1. The van der Waals surface area contributed by atoms with Crippen molar-refractivity contribution in [2.45, 2.75) is 59.3 Å². The molecule has 3 aliphatic heterocycles. The van der Waals surface area contributed by atoms with Crippen LogP contribution in [0.1, 0.15) is 46.0 Å². The zero-order chi connectivity index (χ0) is 22.5. The molecular formula is C24H34N7O+. The molecule has 0 atom stereocenters. The number of nitrogens with zero attached hydrogens (tertiary/aromatic N) is 7. The molecule has 0 aliphatic carbocycles. The van der Waals surface area contributed by atoms with Gasteiger partial charge in [0.05, 0.1) is 30.0 Å². The van der Waals surface area contributed by atoms with Crippen molar-refractivity contribution in [2.75, 3.05) is 32.8 Å². The Morgan fingerprint density at radius 1 is 1.12 bits per heavy atom. The monoisotopic (exact) mass is 436 g/mol. The van der Waals surface area contributed by atoms with Crippen molar-refractivity contribution in [2.24, 2.45) is 4.99 Å². The summed E-state index contributed by atoms with van der Waals surface area (Å²) in [4.78, 5) is 19.2. The quantitative estimate of drug-likeness (QED) is 0.689. The van der Waals surface area contributed by atoms with Gasteiger partial charge in [0.15, 0.2) is 5.69 Å². The first-order valence-corrected chi connectivity index (χ1v) is 11.7. The van der Waals surface area contributed by atoms with E-state index in [-0.39, 0.29) is 5.54 Å². The average Bonchev–Trinajstić information content (AvgIpc) is 3.03. The van der Waals surface area contributed by atoms with E-state index in [2.05, 4.69) is 70.8 Å². The summed E-state index contributed by atoms with van der Waals surface area (Å²) in [5, 5.41) is 0. The van der Waals surface area contributed by atoms with Crippen molar-refractivity contribution in [1.29, 1.82) is 0 Å². The largest absolute Gasteiger partial charge is 0.489 e. The highest BCUT2D eigenvalue weighted by molar-refractivity contribution is 6.03. The second-order valence-electron chi connectivity index (χ2n) is 10.2. The molecule has 8 nitrogen and oxygen atoms in total. The van der Waals surface area contributed by atoms with E-state index in [4.69, 9.17) is 14.7 Å². The van der Waals surface area contributed by atoms with Crippen molar-refractivity contribution in [1.82, 2.24) is 24.3 Å². The van der Waals surface area contributed by atoms with Crippen LogP contribution >= 0.6 is 0 Å². The summed E-state index contributed by atoms with van der Waals surface area (Å²) in [6, 6.07) is 2.53. The molecule has 5 heterocycles. The van der Waals surface area contributed by atoms with Crippen LogP contribution in [-0.2, 0) is 13.1 Å². The Bertz CT molecular complexity index is 1070. The van der Waals surface area contributed by atoms with Gasteiger partial charge in [0, 0.05) is 44.5 Å². The molecule has 0 amide bonds. The third-order valence-electron chi connectivity index (χ3n) is 6.57. The first-order chi connectivity index (χ1) is 15.3. The van der Waals surface area contributed by atoms with Gasteiger partial charge in [-0.15, -0.1) is 0 Å². The third kappa shape index (κ3) is 3.97. The first-order valence-electron chi connectivity index (χ1n) is 11.7. The maximum absolute atomic E-state index is 6.00. The van der Waals surface area contributed by atoms with Crippen molar-refractivity contribution < 1.29 is 9.31 Å². The predicted octanol–water partition coefficient (Wildman–Crippen LogP) is 2.46. The molecular weight excluding hydrogens is 402 g/mol. The van der Waals surface area contributed by atoms with Crippen LogP contribution < -0.4 is 4.74 Å². The lowest BCUT2D eigenvalue weighted by Crippen LogP contribution is -2.53. The molecule has 0 spiro atoms. The summed E-state index contributed by atoms with van der Waals surface area (Å²) >= 11 is 0. The predicted molar refractivity (Wildman–Crippen MR) is 126 cm³/mol. The van der Waals surface area contributed by atoms with Crippen molar-refractivity contribution >= 4 is 12.2 Å². The van der Waals surface area contributed by atoms with Gasteiger partial charge in [-0.3, -0.25) is 14.8 Å². The summed E-state index contributed by atoms with van der Waals surface area (Å²) < 4.78 is 10.3. The van der Waals surface area contributed by atoms with Gasteiger partial charge in [-0.05, 0) is 40.7 Å². The molecule has 5 rings (SSSR count). The lowest BCUT2D eigenvalue weighted by molar-refractivity contribution is -0.446. The zero-order valence-corrected chi connectivity index (χ0v) is 19.9. The van der Waals surface area contributed by atoms with Crippen LogP contribution in [0.15, 0.2) is 23.5 Å². The fourth-order valence-electron chi connectivity index (χ4n) is 4.59. The highest BCUT2D eigenvalue weighted by atomic mass is 16.5. The van der Waals surface area contributed by atoms with Crippen LogP contribution in [0.5, 0.6) is 5.75 Å². The number of imidazole rings is 1. The maximum Gasteiger partial charge on any atom is 0.293 e. The highest BCUT2D eigenvalue weighted by Crippen LogP contribution is 2.32. The van der Waals surface area contributed by atoms with Gasteiger partial charge in [0.2, 0.25) is 6.34 Å². The lowest BCUT2D eigenvalue weighted by atomic mass is 10.0. The number of aromatic nitrogens is 3. The molecule has 170 valence electrons. The molecule has 1 fully saturated rings. The Morgan fingerprint density at radius 2 is 1.91 bits per heavy atom. The molecule has 0 saturated carbocycles. The van der Waals surface area contributed by atoms with Crippen LogP contribution in [0.2, 0.25) is 0 Å². The maximum atomic E-state index is 6.00. The summed E-state index contributed by atoms with van der Waals surface area (Å²) in [5.74, 6) is 2.69. The average molecular weight is 437 g/mol. The minimum atomic E-state index is 0.230. The summed E-state index contributed by atoms with van der Waals surface area (Å²) in [5.41, 5.74) is 3.23. The number of fused-ring (bicyclic) bond motifs is 3. The van der Waals surface area contributed by atoms with Gasteiger partial charge in [0.25, 0.3) is 5.84 Å². The van der Waals surface area contributed by atoms with E-state index >= 15 is 0 Å². The normalized spacial score (nSPS) is 19.4. The Hall–Kier alpha value is -2.58. The van der Waals surface area contributed by atoms with Crippen molar-refractivity contribution in [3.05, 3.63) is 29.8 Å². The Balaban J connectivity index is 1.38. The van der Waals surface area contributed by atoms with Gasteiger partial charge in [-0.1, -0.05) is 4.99 Å². The fraction of sp³-hybridized carbons (Fsp3) is 0.583. The van der Waals surface area contributed by atoms with Crippen molar-refractivity contribution in [3.8, 4) is 17.1 Å². The van der Waals surface area contributed by atoms with E-state index in [0.717, 1.165) is 73.6 Å². The first kappa shape index (κ1) is 21.3. The zero-order valence-electron chi connectivity index (χ0n) is 19.9. The molecule has 0 radical (unpaired) electrons. The Labute approximate surface area is 190 Å². The van der Waals surface area contributed by atoms with Crippen molar-refractivity contribution in [3.63, 3.8) is 0 Å². The molecule has 2 aromatic rings. The van der Waals surface area contributed by atoms with Gasteiger partial charge < -0.3 is 9.30 Å². The molecule has 32 heavy (non-hydrogen) atoms. The second-order valence-corrected chi connectivity index (χ2v) is 10.2. The van der Waals surface area contributed by atoms with Gasteiger partial charge in [-0.2, -0.15) is 0 Å². The van der Waals surface area contributed by atoms with Gasteiger partial charge in [-0.25, -0.2) is 9.56 Å². The minimum Gasteiger partial charge on any atom is -0.489 e.